The minimum atomic E-state index is -0.349. The monoisotopic (exact) mass is 380 g/mol. The molecule has 1 saturated heterocycles. The lowest BCUT2D eigenvalue weighted by Gasteiger charge is -2.35. The number of benzene rings is 2. The Labute approximate surface area is 154 Å². The van der Waals surface area contributed by atoms with E-state index < -0.39 is 0 Å². The smallest absolute Gasteiger partial charge is 0.255 e. The molecule has 0 saturated carbocycles. The van der Waals surface area contributed by atoms with E-state index in [1.807, 2.05) is 0 Å². The van der Waals surface area contributed by atoms with Crippen molar-refractivity contribution in [1.29, 1.82) is 0 Å². The van der Waals surface area contributed by atoms with Crippen molar-refractivity contribution in [2.24, 2.45) is 0 Å². The molecule has 0 atom stereocenters. The zero-order valence-corrected chi connectivity index (χ0v) is 14.9. The van der Waals surface area contributed by atoms with E-state index in [0.717, 1.165) is 0 Å². The molecule has 0 aliphatic carbocycles. The van der Waals surface area contributed by atoms with Crippen LogP contribution in [0.5, 0.6) is 0 Å². The summed E-state index contributed by atoms with van der Waals surface area (Å²) in [5.41, 5.74) is 1.60. The van der Waals surface area contributed by atoms with Crippen LogP contribution in [-0.2, 0) is 4.79 Å². The molecule has 2 amide bonds. The number of nitrogens with zero attached hydrogens (tertiary/aromatic N) is 2. The number of anilines is 1. The Kier molecular flexibility index (Phi) is 4.97. The molecule has 130 valence electrons. The molecule has 0 spiro atoms. The molecular weight excluding hydrogens is 366 g/mol. The maximum atomic E-state index is 13.3. The van der Waals surface area contributed by atoms with Gasteiger partial charge in [0.15, 0.2) is 0 Å². The van der Waals surface area contributed by atoms with Crippen LogP contribution >= 0.6 is 23.2 Å². The van der Waals surface area contributed by atoms with Crippen LogP contribution in [0.2, 0.25) is 10.0 Å². The van der Waals surface area contributed by atoms with Gasteiger partial charge in [-0.3, -0.25) is 9.59 Å². The van der Waals surface area contributed by atoms with E-state index in [-0.39, 0.29) is 34.8 Å². The topological polar surface area (TPSA) is 40.6 Å². The molecule has 3 rings (SSSR count). The normalized spacial score (nSPS) is 14.8. The summed E-state index contributed by atoms with van der Waals surface area (Å²) in [4.78, 5) is 28.2. The second kappa shape index (κ2) is 7.02. The molecule has 2 aromatic carbocycles. The standard InChI is InChI=1S/C18H15Cl2FN2O2/c1-11-9-12(21)5-6-15(11)23-8-7-22(10-16(23)24)18(25)13-3-2-4-14(19)17(13)20/h2-6,9H,7-8,10H2,1H3. The van der Waals surface area contributed by atoms with Gasteiger partial charge in [0.2, 0.25) is 5.91 Å². The van der Waals surface area contributed by atoms with E-state index in [9.17, 15) is 14.0 Å². The molecule has 1 aliphatic heterocycles. The van der Waals surface area contributed by atoms with Gasteiger partial charge in [-0.15, -0.1) is 0 Å². The van der Waals surface area contributed by atoms with Gasteiger partial charge in [0.1, 0.15) is 12.4 Å². The number of piperazine rings is 1. The van der Waals surface area contributed by atoms with Crippen molar-refractivity contribution >= 4 is 40.7 Å². The quantitative estimate of drug-likeness (QED) is 0.791. The molecule has 2 aromatic rings. The van der Waals surface area contributed by atoms with Crippen molar-refractivity contribution in [3.63, 3.8) is 0 Å². The molecule has 1 fully saturated rings. The number of hydrogen-bond acceptors (Lipinski definition) is 2. The molecule has 1 heterocycles. The van der Waals surface area contributed by atoms with E-state index in [0.29, 0.717) is 29.4 Å². The Morgan fingerprint density at radius 3 is 2.60 bits per heavy atom. The fraction of sp³-hybridized carbons (Fsp3) is 0.222. The summed E-state index contributed by atoms with van der Waals surface area (Å²) in [6, 6.07) is 9.10. The van der Waals surface area contributed by atoms with Crippen molar-refractivity contribution in [1.82, 2.24) is 4.90 Å². The Bertz CT molecular complexity index is 857. The van der Waals surface area contributed by atoms with Crippen molar-refractivity contribution in [3.05, 3.63) is 63.4 Å². The van der Waals surface area contributed by atoms with Gasteiger partial charge in [-0.05, 0) is 42.8 Å². The van der Waals surface area contributed by atoms with E-state index in [2.05, 4.69) is 0 Å². The van der Waals surface area contributed by atoms with E-state index in [4.69, 9.17) is 23.2 Å². The van der Waals surface area contributed by atoms with Gasteiger partial charge in [-0.1, -0.05) is 29.3 Å². The Morgan fingerprint density at radius 1 is 1.16 bits per heavy atom. The molecule has 4 nitrogen and oxygen atoms in total. The Morgan fingerprint density at radius 2 is 1.92 bits per heavy atom. The van der Waals surface area contributed by atoms with Gasteiger partial charge in [-0.25, -0.2) is 4.39 Å². The third-order valence-corrected chi connectivity index (χ3v) is 4.96. The van der Waals surface area contributed by atoms with Crippen LogP contribution < -0.4 is 4.90 Å². The van der Waals surface area contributed by atoms with Crippen LogP contribution in [0.3, 0.4) is 0 Å². The fourth-order valence-corrected chi connectivity index (χ4v) is 3.24. The fourth-order valence-electron chi connectivity index (χ4n) is 2.86. The SMILES string of the molecule is Cc1cc(F)ccc1N1CCN(C(=O)c2cccc(Cl)c2Cl)CC1=O. The van der Waals surface area contributed by atoms with Crippen LogP contribution in [0.4, 0.5) is 10.1 Å². The summed E-state index contributed by atoms with van der Waals surface area (Å²) < 4.78 is 13.3. The highest BCUT2D eigenvalue weighted by atomic mass is 35.5. The Hall–Kier alpha value is -2.11. The van der Waals surface area contributed by atoms with Gasteiger partial charge in [0, 0.05) is 18.8 Å². The molecule has 0 radical (unpaired) electrons. The number of carbonyl (C=O) groups is 2. The summed E-state index contributed by atoms with van der Waals surface area (Å²) in [6.45, 7) is 2.35. The molecule has 1 aliphatic rings. The van der Waals surface area contributed by atoms with Gasteiger partial charge in [-0.2, -0.15) is 0 Å². The van der Waals surface area contributed by atoms with Crippen molar-refractivity contribution in [3.8, 4) is 0 Å². The lowest BCUT2D eigenvalue weighted by molar-refractivity contribution is -0.120. The third-order valence-electron chi connectivity index (χ3n) is 4.14. The second-order valence-electron chi connectivity index (χ2n) is 5.80. The zero-order chi connectivity index (χ0) is 18.1. The summed E-state index contributed by atoms with van der Waals surface area (Å²) >= 11 is 12.0. The average Bonchev–Trinajstić information content (AvgIpc) is 2.57. The van der Waals surface area contributed by atoms with E-state index in [1.165, 1.54) is 17.0 Å². The highest BCUT2D eigenvalue weighted by Crippen LogP contribution is 2.28. The number of hydrogen-bond donors (Lipinski definition) is 0. The minimum Gasteiger partial charge on any atom is -0.327 e. The van der Waals surface area contributed by atoms with Gasteiger partial charge < -0.3 is 9.80 Å². The van der Waals surface area contributed by atoms with Gasteiger partial charge in [0.05, 0.1) is 15.6 Å². The first-order chi connectivity index (χ1) is 11.9. The average molecular weight is 381 g/mol. The van der Waals surface area contributed by atoms with Crippen LogP contribution in [0, 0.1) is 12.7 Å². The van der Waals surface area contributed by atoms with Gasteiger partial charge in [0.25, 0.3) is 5.91 Å². The summed E-state index contributed by atoms with van der Waals surface area (Å²) in [7, 11) is 0. The number of carbonyl (C=O) groups excluding carboxylic acids is 2. The Balaban J connectivity index is 1.78. The van der Waals surface area contributed by atoms with Crippen LogP contribution in [0.15, 0.2) is 36.4 Å². The van der Waals surface area contributed by atoms with Crippen molar-refractivity contribution in [2.45, 2.75) is 6.92 Å². The first kappa shape index (κ1) is 17.7. The third kappa shape index (κ3) is 3.48. The molecule has 0 unspecified atom stereocenters. The first-order valence-electron chi connectivity index (χ1n) is 7.68. The molecular formula is C18H15Cl2FN2O2. The molecule has 25 heavy (non-hydrogen) atoms. The lowest BCUT2D eigenvalue weighted by Crippen LogP contribution is -2.52. The number of halogens is 3. The predicted octanol–water partition coefficient (Wildman–Crippen LogP) is 3.93. The molecule has 0 aromatic heterocycles. The van der Waals surface area contributed by atoms with Crippen LogP contribution in [0.25, 0.3) is 0 Å². The van der Waals surface area contributed by atoms with Crippen LogP contribution in [-0.4, -0.2) is 36.3 Å². The molecule has 0 N–H and O–H groups in total. The maximum absolute atomic E-state index is 13.3. The van der Waals surface area contributed by atoms with E-state index in [1.54, 1.807) is 36.1 Å². The summed E-state index contributed by atoms with van der Waals surface area (Å²) in [6.07, 6.45) is 0. The summed E-state index contributed by atoms with van der Waals surface area (Å²) in [5.74, 6) is -0.915. The predicted molar refractivity (Wildman–Crippen MR) is 95.9 cm³/mol. The lowest BCUT2D eigenvalue weighted by atomic mass is 10.1. The highest BCUT2D eigenvalue weighted by Gasteiger charge is 2.30. The molecule has 0 bridgehead atoms. The number of amides is 2. The summed E-state index contributed by atoms with van der Waals surface area (Å²) in [5, 5.41) is 0.470. The van der Waals surface area contributed by atoms with Crippen molar-refractivity contribution in [2.75, 3.05) is 24.5 Å². The van der Waals surface area contributed by atoms with Crippen molar-refractivity contribution < 1.29 is 14.0 Å². The first-order valence-corrected chi connectivity index (χ1v) is 8.44. The maximum Gasteiger partial charge on any atom is 0.255 e. The van der Waals surface area contributed by atoms with Gasteiger partial charge >= 0.3 is 0 Å². The number of rotatable bonds is 2. The zero-order valence-electron chi connectivity index (χ0n) is 13.4. The highest BCUT2D eigenvalue weighted by molar-refractivity contribution is 6.43. The second-order valence-corrected chi connectivity index (χ2v) is 6.59. The minimum absolute atomic E-state index is 0.0709. The largest absolute Gasteiger partial charge is 0.327 e. The van der Waals surface area contributed by atoms with Crippen LogP contribution in [0.1, 0.15) is 15.9 Å². The number of aryl methyl sites for hydroxylation is 1. The molecule has 7 heteroatoms. The van der Waals surface area contributed by atoms with E-state index >= 15 is 0 Å².